The summed E-state index contributed by atoms with van der Waals surface area (Å²) in [6.45, 7) is 9.52. The molecule has 0 aromatic rings. The Kier molecular flexibility index (Phi) is 5.14. The van der Waals surface area contributed by atoms with Crippen LogP contribution in [0.5, 0.6) is 0 Å². The van der Waals surface area contributed by atoms with Crippen molar-refractivity contribution in [3.63, 3.8) is 0 Å². The van der Waals surface area contributed by atoms with E-state index in [1.807, 2.05) is 25.7 Å². The van der Waals surface area contributed by atoms with E-state index in [4.69, 9.17) is 0 Å². The minimum absolute atomic E-state index is 0.0335. The first-order valence-corrected chi connectivity index (χ1v) is 6.58. The molecular weight excluding hydrogens is 230 g/mol. The van der Waals surface area contributed by atoms with Crippen LogP contribution in [0.2, 0.25) is 0 Å². The number of carbonyl (C=O) groups is 2. The van der Waals surface area contributed by atoms with Crippen molar-refractivity contribution >= 4 is 11.8 Å². The molecule has 0 aliphatic carbocycles. The van der Waals surface area contributed by atoms with E-state index in [1.165, 1.54) is 0 Å². The van der Waals surface area contributed by atoms with Crippen LogP contribution in [0, 0.1) is 0 Å². The first-order valence-electron chi connectivity index (χ1n) is 6.58. The molecule has 5 nitrogen and oxygen atoms in total. The average molecular weight is 255 g/mol. The quantitative estimate of drug-likeness (QED) is 0.772. The summed E-state index contributed by atoms with van der Waals surface area (Å²) >= 11 is 0. The molecule has 0 radical (unpaired) electrons. The lowest BCUT2D eigenvalue weighted by Gasteiger charge is -2.32. The molecule has 0 saturated carbocycles. The summed E-state index contributed by atoms with van der Waals surface area (Å²) in [6, 6.07) is 0.204. The predicted molar refractivity (Wildman–Crippen MR) is 71.2 cm³/mol. The number of hydrogen-bond acceptors (Lipinski definition) is 3. The molecule has 0 spiro atoms. The van der Waals surface area contributed by atoms with Gasteiger partial charge in [0.05, 0.1) is 6.54 Å². The van der Waals surface area contributed by atoms with Gasteiger partial charge >= 0.3 is 0 Å². The number of amides is 2. The number of piperidine rings is 1. The Morgan fingerprint density at radius 2 is 1.78 bits per heavy atom. The fourth-order valence-corrected chi connectivity index (χ4v) is 1.96. The summed E-state index contributed by atoms with van der Waals surface area (Å²) in [4.78, 5) is 24.7. The van der Waals surface area contributed by atoms with E-state index >= 15 is 0 Å². The van der Waals surface area contributed by atoms with Crippen LogP contribution in [0.25, 0.3) is 0 Å². The van der Waals surface area contributed by atoms with Gasteiger partial charge in [-0.2, -0.15) is 0 Å². The van der Waals surface area contributed by atoms with Gasteiger partial charge in [-0.05, 0) is 33.6 Å². The van der Waals surface area contributed by atoms with Gasteiger partial charge in [-0.15, -0.1) is 0 Å². The molecule has 0 unspecified atom stereocenters. The first kappa shape index (κ1) is 15.0. The molecule has 2 amide bonds. The number of nitrogens with zero attached hydrogens (tertiary/aromatic N) is 1. The minimum atomic E-state index is -0.0463. The van der Waals surface area contributed by atoms with Gasteiger partial charge < -0.3 is 15.5 Å². The third-order valence-electron chi connectivity index (χ3n) is 3.08. The van der Waals surface area contributed by atoms with Crippen molar-refractivity contribution in [2.45, 2.75) is 52.1 Å². The molecule has 1 rings (SSSR count). The Morgan fingerprint density at radius 3 is 2.22 bits per heavy atom. The molecule has 1 aliphatic rings. The zero-order chi connectivity index (χ0) is 13.8. The summed E-state index contributed by atoms with van der Waals surface area (Å²) in [7, 11) is 0. The van der Waals surface area contributed by atoms with Gasteiger partial charge in [-0.3, -0.25) is 9.59 Å². The van der Waals surface area contributed by atoms with Gasteiger partial charge in [0.1, 0.15) is 0 Å². The van der Waals surface area contributed by atoms with Gasteiger partial charge in [0, 0.05) is 31.6 Å². The summed E-state index contributed by atoms with van der Waals surface area (Å²) in [5, 5.41) is 6.17. The average Bonchev–Trinajstić information content (AvgIpc) is 2.26. The second-order valence-electron chi connectivity index (χ2n) is 5.95. The molecule has 1 fully saturated rings. The summed E-state index contributed by atoms with van der Waals surface area (Å²) < 4.78 is 0. The number of hydrogen-bond donors (Lipinski definition) is 2. The van der Waals surface area contributed by atoms with Crippen LogP contribution in [0.1, 0.15) is 40.5 Å². The summed E-state index contributed by atoms with van der Waals surface area (Å²) in [5.41, 5.74) is -0.0463. The molecule has 1 aliphatic heterocycles. The van der Waals surface area contributed by atoms with Gasteiger partial charge in [0.15, 0.2) is 0 Å². The fraction of sp³-hybridized carbons (Fsp3) is 0.846. The van der Waals surface area contributed by atoms with Crippen molar-refractivity contribution in [2.75, 3.05) is 19.6 Å². The highest BCUT2D eigenvalue weighted by Crippen LogP contribution is 2.10. The number of carbonyl (C=O) groups excluding carboxylic acids is 2. The van der Waals surface area contributed by atoms with Crippen LogP contribution in [-0.4, -0.2) is 47.9 Å². The zero-order valence-corrected chi connectivity index (χ0v) is 11.9. The molecular formula is C13H25N3O2. The topological polar surface area (TPSA) is 61.4 Å². The second-order valence-corrected chi connectivity index (χ2v) is 5.95. The Hall–Kier alpha value is -1.10. The van der Waals surface area contributed by atoms with Crippen LogP contribution in [0.3, 0.4) is 0 Å². The number of likely N-dealkylation sites (tertiary alicyclic amines) is 1. The SMILES string of the molecule is CC(=O)N1CCC(NC(=O)CNC(C)(C)C)CC1. The smallest absolute Gasteiger partial charge is 0.234 e. The van der Waals surface area contributed by atoms with Crippen molar-refractivity contribution in [3.05, 3.63) is 0 Å². The molecule has 1 saturated heterocycles. The number of rotatable bonds is 3. The Bertz CT molecular complexity index is 302. The lowest BCUT2D eigenvalue weighted by atomic mass is 10.0. The van der Waals surface area contributed by atoms with Gasteiger partial charge in [0.2, 0.25) is 11.8 Å². The maximum Gasteiger partial charge on any atom is 0.234 e. The van der Waals surface area contributed by atoms with Crippen molar-refractivity contribution in [1.82, 2.24) is 15.5 Å². The molecule has 1 heterocycles. The van der Waals surface area contributed by atoms with Crippen LogP contribution in [-0.2, 0) is 9.59 Å². The molecule has 2 N–H and O–H groups in total. The van der Waals surface area contributed by atoms with E-state index in [0.29, 0.717) is 6.54 Å². The highest BCUT2D eigenvalue weighted by Gasteiger charge is 2.22. The molecule has 5 heteroatoms. The van der Waals surface area contributed by atoms with Crippen molar-refractivity contribution in [3.8, 4) is 0 Å². The summed E-state index contributed by atoms with van der Waals surface area (Å²) in [6.07, 6.45) is 1.70. The van der Waals surface area contributed by atoms with Crippen LogP contribution >= 0.6 is 0 Å². The van der Waals surface area contributed by atoms with E-state index in [2.05, 4.69) is 10.6 Å². The minimum Gasteiger partial charge on any atom is -0.352 e. The van der Waals surface area contributed by atoms with Crippen LogP contribution < -0.4 is 10.6 Å². The maximum atomic E-state index is 11.7. The van der Waals surface area contributed by atoms with Crippen LogP contribution in [0.15, 0.2) is 0 Å². The molecule has 18 heavy (non-hydrogen) atoms. The third-order valence-corrected chi connectivity index (χ3v) is 3.08. The Balaban J connectivity index is 2.24. The highest BCUT2D eigenvalue weighted by atomic mass is 16.2. The third kappa shape index (κ3) is 5.49. The van der Waals surface area contributed by atoms with E-state index in [0.717, 1.165) is 25.9 Å². The second kappa shape index (κ2) is 6.18. The Morgan fingerprint density at radius 1 is 1.22 bits per heavy atom. The molecule has 104 valence electrons. The van der Waals surface area contributed by atoms with Crippen LogP contribution in [0.4, 0.5) is 0 Å². The molecule has 0 aromatic carbocycles. The normalized spacial score (nSPS) is 17.7. The summed E-state index contributed by atoms with van der Waals surface area (Å²) in [5.74, 6) is 0.153. The van der Waals surface area contributed by atoms with Crippen molar-refractivity contribution in [1.29, 1.82) is 0 Å². The fourth-order valence-electron chi connectivity index (χ4n) is 1.96. The standard InChI is InChI=1S/C13H25N3O2/c1-10(17)16-7-5-11(6-8-16)15-12(18)9-14-13(2,3)4/h11,14H,5-9H2,1-4H3,(H,15,18). The Labute approximate surface area is 109 Å². The van der Waals surface area contributed by atoms with Gasteiger partial charge in [-0.1, -0.05) is 0 Å². The lowest BCUT2D eigenvalue weighted by Crippen LogP contribution is -2.49. The largest absolute Gasteiger partial charge is 0.352 e. The monoisotopic (exact) mass is 255 g/mol. The van der Waals surface area contributed by atoms with E-state index in [1.54, 1.807) is 6.92 Å². The molecule has 0 atom stereocenters. The zero-order valence-electron chi connectivity index (χ0n) is 11.9. The van der Waals surface area contributed by atoms with Crippen molar-refractivity contribution in [2.24, 2.45) is 0 Å². The predicted octanol–water partition coefficient (Wildman–Crippen LogP) is 0.502. The molecule has 0 bridgehead atoms. The van der Waals surface area contributed by atoms with E-state index in [9.17, 15) is 9.59 Å². The lowest BCUT2D eigenvalue weighted by molar-refractivity contribution is -0.130. The van der Waals surface area contributed by atoms with Gasteiger partial charge in [0.25, 0.3) is 0 Å². The van der Waals surface area contributed by atoms with E-state index < -0.39 is 0 Å². The van der Waals surface area contributed by atoms with Crippen molar-refractivity contribution < 1.29 is 9.59 Å². The highest BCUT2D eigenvalue weighted by molar-refractivity contribution is 5.78. The van der Waals surface area contributed by atoms with Gasteiger partial charge in [-0.25, -0.2) is 0 Å². The number of nitrogens with one attached hydrogen (secondary N) is 2. The molecule has 0 aromatic heterocycles. The van der Waals surface area contributed by atoms with E-state index in [-0.39, 0.29) is 23.4 Å². The first-order chi connectivity index (χ1) is 8.28. The maximum absolute atomic E-state index is 11.7.